The molecule has 1 unspecified atom stereocenters. The zero-order valence-electron chi connectivity index (χ0n) is 11.6. The zero-order chi connectivity index (χ0) is 14.0. The summed E-state index contributed by atoms with van der Waals surface area (Å²) in [5.41, 5.74) is -0.534. The van der Waals surface area contributed by atoms with Crippen LogP contribution in [0.1, 0.15) is 32.0 Å². The van der Waals surface area contributed by atoms with Gasteiger partial charge in [-0.25, -0.2) is 0 Å². The molecule has 1 atom stereocenters. The van der Waals surface area contributed by atoms with Crippen LogP contribution in [0.15, 0.2) is 22.0 Å². The van der Waals surface area contributed by atoms with Crippen LogP contribution in [0.25, 0.3) is 10.8 Å². The van der Waals surface area contributed by atoms with Gasteiger partial charge in [0.05, 0.1) is 17.0 Å². The monoisotopic (exact) mass is 293 g/mol. The lowest BCUT2D eigenvalue weighted by molar-refractivity contribution is 0.0443. The lowest BCUT2D eigenvalue weighted by Crippen LogP contribution is -2.28. The molecule has 3 rings (SSSR count). The third kappa shape index (κ3) is 3.26. The summed E-state index contributed by atoms with van der Waals surface area (Å²) in [7, 11) is 0. The zero-order valence-corrected chi connectivity index (χ0v) is 12.4. The summed E-state index contributed by atoms with van der Waals surface area (Å²) in [6.07, 6.45) is 2.65. The van der Waals surface area contributed by atoms with E-state index in [0.717, 1.165) is 43.1 Å². The van der Waals surface area contributed by atoms with Gasteiger partial charge in [-0.1, -0.05) is 11.2 Å². The molecule has 0 aromatic carbocycles. The van der Waals surface area contributed by atoms with Crippen molar-refractivity contribution >= 4 is 11.3 Å². The first kappa shape index (κ1) is 13.7. The van der Waals surface area contributed by atoms with Crippen molar-refractivity contribution in [1.82, 2.24) is 15.0 Å². The number of hydrogen-bond acceptors (Lipinski definition) is 6. The minimum Gasteiger partial charge on any atom is -0.390 e. The Morgan fingerprint density at radius 2 is 2.35 bits per heavy atom. The topological polar surface area (TPSA) is 62.4 Å². The van der Waals surface area contributed by atoms with E-state index in [2.05, 4.69) is 15.0 Å². The summed E-state index contributed by atoms with van der Waals surface area (Å²) >= 11 is 1.60. The molecule has 1 fully saturated rings. The lowest BCUT2D eigenvalue weighted by atomic mass is 9.98. The first-order valence-corrected chi connectivity index (χ1v) is 7.82. The molecular formula is C14H19N3O2S. The van der Waals surface area contributed by atoms with Crippen molar-refractivity contribution in [1.29, 1.82) is 0 Å². The first-order chi connectivity index (χ1) is 9.62. The summed E-state index contributed by atoms with van der Waals surface area (Å²) < 4.78 is 5.30. The summed E-state index contributed by atoms with van der Waals surface area (Å²) in [5.74, 6) is 1.31. The fraction of sp³-hybridized carbons (Fsp3) is 0.571. The van der Waals surface area contributed by atoms with Gasteiger partial charge in [-0.05, 0) is 44.2 Å². The molecule has 2 aromatic heterocycles. The van der Waals surface area contributed by atoms with Crippen molar-refractivity contribution in [2.24, 2.45) is 0 Å². The molecular weight excluding hydrogens is 274 g/mol. The number of aromatic nitrogens is 2. The number of thiophene rings is 1. The van der Waals surface area contributed by atoms with Crippen LogP contribution in [0.5, 0.6) is 0 Å². The van der Waals surface area contributed by atoms with Crippen LogP contribution in [-0.4, -0.2) is 38.8 Å². The average molecular weight is 293 g/mol. The average Bonchev–Trinajstić information content (AvgIpc) is 3.03. The van der Waals surface area contributed by atoms with E-state index in [1.54, 1.807) is 11.3 Å². The molecule has 20 heavy (non-hydrogen) atoms. The van der Waals surface area contributed by atoms with E-state index in [1.165, 1.54) is 0 Å². The van der Waals surface area contributed by atoms with Gasteiger partial charge in [0.25, 0.3) is 5.89 Å². The number of rotatable bonds is 3. The predicted octanol–water partition coefficient (Wildman–Crippen LogP) is 2.54. The maximum absolute atomic E-state index is 10.1. The van der Waals surface area contributed by atoms with Gasteiger partial charge in [0.15, 0.2) is 5.82 Å². The molecule has 3 heterocycles. The second-order valence-corrected chi connectivity index (χ2v) is 6.57. The SMILES string of the molecule is CC1(O)CCCN(Cc2noc(-c3cccs3)n2)CC1. The highest BCUT2D eigenvalue weighted by Gasteiger charge is 2.25. The van der Waals surface area contributed by atoms with Crippen molar-refractivity contribution in [3.63, 3.8) is 0 Å². The maximum Gasteiger partial charge on any atom is 0.268 e. The molecule has 2 aromatic rings. The van der Waals surface area contributed by atoms with Gasteiger partial charge >= 0.3 is 0 Å². The number of likely N-dealkylation sites (tertiary alicyclic amines) is 1. The number of hydrogen-bond donors (Lipinski definition) is 1. The van der Waals surface area contributed by atoms with E-state index < -0.39 is 5.60 Å². The Hall–Kier alpha value is -1.24. The van der Waals surface area contributed by atoms with Gasteiger partial charge in [-0.3, -0.25) is 4.90 Å². The molecule has 0 saturated carbocycles. The van der Waals surface area contributed by atoms with Gasteiger partial charge in [0.1, 0.15) is 0 Å². The first-order valence-electron chi connectivity index (χ1n) is 6.94. The number of aliphatic hydroxyl groups is 1. The highest BCUT2D eigenvalue weighted by molar-refractivity contribution is 7.13. The highest BCUT2D eigenvalue weighted by atomic mass is 32.1. The van der Waals surface area contributed by atoms with Gasteiger partial charge in [-0.15, -0.1) is 11.3 Å². The van der Waals surface area contributed by atoms with Crippen LogP contribution < -0.4 is 0 Å². The van der Waals surface area contributed by atoms with Crippen LogP contribution in [-0.2, 0) is 6.54 Å². The molecule has 0 spiro atoms. The second kappa shape index (κ2) is 5.63. The second-order valence-electron chi connectivity index (χ2n) is 5.62. The van der Waals surface area contributed by atoms with E-state index in [4.69, 9.17) is 4.52 Å². The molecule has 1 N–H and O–H groups in total. The molecule has 0 radical (unpaired) electrons. The molecule has 6 heteroatoms. The van der Waals surface area contributed by atoms with Crippen LogP contribution in [0.3, 0.4) is 0 Å². The summed E-state index contributed by atoms with van der Waals surface area (Å²) in [5, 5.41) is 16.1. The third-order valence-electron chi connectivity index (χ3n) is 3.72. The number of nitrogens with zero attached hydrogens (tertiary/aromatic N) is 3. The van der Waals surface area contributed by atoms with E-state index in [-0.39, 0.29) is 0 Å². The smallest absolute Gasteiger partial charge is 0.268 e. The van der Waals surface area contributed by atoms with Crippen LogP contribution in [0, 0.1) is 0 Å². The third-order valence-corrected chi connectivity index (χ3v) is 4.58. The molecule has 1 saturated heterocycles. The Kier molecular flexibility index (Phi) is 3.87. The maximum atomic E-state index is 10.1. The normalized spacial score (nSPS) is 24.7. The van der Waals surface area contributed by atoms with Gasteiger partial charge in [0.2, 0.25) is 0 Å². The standard InChI is InChI=1S/C14H19N3O2S/c1-14(18)5-3-7-17(8-6-14)10-12-15-13(19-16-12)11-4-2-9-20-11/h2,4,9,18H,3,5-8,10H2,1H3. The molecule has 0 aliphatic carbocycles. The van der Waals surface area contributed by atoms with Crippen LogP contribution in [0.2, 0.25) is 0 Å². The Morgan fingerprint density at radius 1 is 1.45 bits per heavy atom. The van der Waals surface area contributed by atoms with Crippen molar-refractivity contribution in [2.45, 2.75) is 38.3 Å². The largest absolute Gasteiger partial charge is 0.390 e. The van der Waals surface area contributed by atoms with E-state index >= 15 is 0 Å². The highest BCUT2D eigenvalue weighted by Crippen LogP contribution is 2.24. The summed E-state index contributed by atoms with van der Waals surface area (Å²) in [4.78, 5) is 7.73. The molecule has 1 aliphatic heterocycles. The Labute approximate surface area is 122 Å². The molecule has 0 amide bonds. The Balaban J connectivity index is 1.63. The Morgan fingerprint density at radius 3 is 3.15 bits per heavy atom. The van der Waals surface area contributed by atoms with Crippen molar-refractivity contribution in [3.8, 4) is 10.8 Å². The summed E-state index contributed by atoms with van der Waals surface area (Å²) in [6.45, 7) is 4.44. The minimum absolute atomic E-state index is 0.534. The van der Waals surface area contributed by atoms with Crippen molar-refractivity contribution < 1.29 is 9.63 Å². The molecule has 0 bridgehead atoms. The van der Waals surface area contributed by atoms with Crippen LogP contribution >= 0.6 is 11.3 Å². The van der Waals surface area contributed by atoms with Gasteiger partial charge < -0.3 is 9.63 Å². The van der Waals surface area contributed by atoms with Crippen molar-refractivity contribution in [3.05, 3.63) is 23.3 Å². The molecule has 1 aliphatic rings. The van der Waals surface area contributed by atoms with E-state index in [9.17, 15) is 5.11 Å². The fourth-order valence-electron chi connectivity index (χ4n) is 2.50. The van der Waals surface area contributed by atoms with E-state index in [1.807, 2.05) is 24.4 Å². The minimum atomic E-state index is -0.534. The van der Waals surface area contributed by atoms with Crippen LogP contribution in [0.4, 0.5) is 0 Å². The molecule has 108 valence electrons. The van der Waals surface area contributed by atoms with Gasteiger partial charge in [0, 0.05) is 6.54 Å². The van der Waals surface area contributed by atoms with Crippen molar-refractivity contribution in [2.75, 3.05) is 13.1 Å². The quantitative estimate of drug-likeness (QED) is 0.942. The fourth-order valence-corrected chi connectivity index (χ4v) is 3.14. The molecule has 5 nitrogen and oxygen atoms in total. The lowest BCUT2D eigenvalue weighted by Gasteiger charge is -2.21. The van der Waals surface area contributed by atoms with Gasteiger partial charge in [-0.2, -0.15) is 4.98 Å². The van der Waals surface area contributed by atoms with E-state index in [0.29, 0.717) is 12.4 Å². The Bertz CT molecular complexity index is 551. The summed E-state index contributed by atoms with van der Waals surface area (Å²) in [6, 6.07) is 3.95. The predicted molar refractivity (Wildman–Crippen MR) is 77.4 cm³/mol.